The number of carbonyl (C=O) groups is 1. The molecule has 0 saturated carbocycles. The van der Waals surface area contributed by atoms with Gasteiger partial charge in [0.25, 0.3) is 5.91 Å². The van der Waals surface area contributed by atoms with Crippen molar-refractivity contribution >= 4 is 23.2 Å². The van der Waals surface area contributed by atoms with E-state index in [0.717, 1.165) is 11.6 Å². The Morgan fingerprint density at radius 1 is 1.00 bits per heavy atom. The maximum absolute atomic E-state index is 13.0. The Morgan fingerprint density at radius 2 is 1.62 bits per heavy atom. The van der Waals surface area contributed by atoms with Gasteiger partial charge >= 0.3 is 6.18 Å². The molecule has 0 N–H and O–H groups in total. The minimum atomic E-state index is -4.49. The molecule has 138 valence electrons. The second-order valence-corrected chi connectivity index (χ2v) is 6.71. The summed E-state index contributed by atoms with van der Waals surface area (Å²) in [4.78, 5) is 16.1. The molecule has 7 heteroatoms. The van der Waals surface area contributed by atoms with E-state index in [1.165, 1.54) is 6.07 Å². The van der Waals surface area contributed by atoms with Crippen molar-refractivity contribution in [3.63, 3.8) is 0 Å². The van der Waals surface area contributed by atoms with Gasteiger partial charge in [0.05, 0.1) is 10.6 Å². The Kier molecular flexibility index (Phi) is 5.14. The van der Waals surface area contributed by atoms with Gasteiger partial charge in [-0.25, -0.2) is 0 Å². The molecule has 1 heterocycles. The molecule has 1 amide bonds. The van der Waals surface area contributed by atoms with Crippen LogP contribution in [-0.2, 0) is 6.18 Å². The zero-order chi connectivity index (χ0) is 18.9. The first-order valence-corrected chi connectivity index (χ1v) is 8.61. The first kappa shape index (κ1) is 18.6. The summed E-state index contributed by atoms with van der Waals surface area (Å²) in [5, 5.41) is -0.311. The van der Waals surface area contributed by atoms with Gasteiger partial charge in [0, 0.05) is 37.4 Å². The van der Waals surface area contributed by atoms with Crippen molar-refractivity contribution in [3.8, 4) is 0 Å². The maximum Gasteiger partial charge on any atom is 0.417 e. The molecule has 1 aliphatic rings. The first-order chi connectivity index (χ1) is 12.3. The third-order valence-corrected chi connectivity index (χ3v) is 4.82. The monoisotopic (exact) mass is 382 g/mol. The molecule has 0 unspecified atom stereocenters. The summed E-state index contributed by atoms with van der Waals surface area (Å²) in [7, 11) is 0. The number of alkyl halides is 3. The number of halogens is 4. The van der Waals surface area contributed by atoms with E-state index in [9.17, 15) is 18.0 Å². The Bertz CT molecular complexity index is 797. The topological polar surface area (TPSA) is 23.6 Å². The molecular formula is C19H18ClF3N2O. The van der Waals surface area contributed by atoms with E-state index in [1.54, 1.807) is 23.1 Å². The van der Waals surface area contributed by atoms with E-state index >= 15 is 0 Å². The van der Waals surface area contributed by atoms with Gasteiger partial charge in [0.2, 0.25) is 0 Å². The van der Waals surface area contributed by atoms with E-state index in [2.05, 4.69) is 0 Å². The molecule has 0 spiro atoms. The fourth-order valence-corrected chi connectivity index (χ4v) is 3.20. The number of piperazine rings is 1. The van der Waals surface area contributed by atoms with Crippen LogP contribution in [0.25, 0.3) is 0 Å². The molecule has 0 aromatic heterocycles. The predicted molar refractivity (Wildman–Crippen MR) is 95.7 cm³/mol. The predicted octanol–water partition coefficient (Wildman–Crippen LogP) is 4.63. The number of rotatable bonds is 2. The van der Waals surface area contributed by atoms with Crippen molar-refractivity contribution in [2.45, 2.75) is 13.1 Å². The molecule has 1 saturated heterocycles. The summed E-state index contributed by atoms with van der Waals surface area (Å²) in [5.41, 5.74) is 1.32. The average Bonchev–Trinajstić information content (AvgIpc) is 2.61. The van der Waals surface area contributed by atoms with Crippen LogP contribution in [0.3, 0.4) is 0 Å². The molecule has 26 heavy (non-hydrogen) atoms. The second kappa shape index (κ2) is 7.19. The van der Waals surface area contributed by atoms with E-state index in [1.807, 2.05) is 24.0 Å². The SMILES string of the molecule is Cc1ccc(C(=O)N2CCN(c3ccc(Cl)c(C(F)(F)F)c3)CC2)cc1. The zero-order valence-electron chi connectivity index (χ0n) is 14.2. The van der Waals surface area contributed by atoms with Crippen LogP contribution >= 0.6 is 11.6 Å². The highest BCUT2D eigenvalue weighted by molar-refractivity contribution is 6.31. The van der Waals surface area contributed by atoms with E-state index < -0.39 is 11.7 Å². The summed E-state index contributed by atoms with van der Waals surface area (Å²) < 4.78 is 39.1. The summed E-state index contributed by atoms with van der Waals surface area (Å²) in [6.07, 6.45) is -4.49. The van der Waals surface area contributed by atoms with Gasteiger partial charge in [0.15, 0.2) is 0 Å². The van der Waals surface area contributed by atoms with E-state index in [-0.39, 0.29) is 10.9 Å². The van der Waals surface area contributed by atoms with Crippen LogP contribution in [0.2, 0.25) is 5.02 Å². The quantitative estimate of drug-likeness (QED) is 0.756. The summed E-state index contributed by atoms with van der Waals surface area (Å²) in [6, 6.07) is 11.3. The minimum Gasteiger partial charge on any atom is -0.368 e. The number of hydrogen-bond acceptors (Lipinski definition) is 2. The third kappa shape index (κ3) is 3.96. The molecule has 0 atom stereocenters. The number of nitrogens with zero attached hydrogens (tertiary/aromatic N) is 2. The Balaban J connectivity index is 1.69. The summed E-state index contributed by atoms with van der Waals surface area (Å²) >= 11 is 5.67. The Hall–Kier alpha value is -2.21. The van der Waals surface area contributed by atoms with Gasteiger partial charge in [-0.3, -0.25) is 4.79 Å². The van der Waals surface area contributed by atoms with Crippen LogP contribution in [0.4, 0.5) is 18.9 Å². The molecular weight excluding hydrogens is 365 g/mol. The van der Waals surface area contributed by atoms with Crippen molar-refractivity contribution < 1.29 is 18.0 Å². The lowest BCUT2D eigenvalue weighted by atomic mass is 10.1. The molecule has 3 rings (SSSR count). The molecule has 0 aliphatic carbocycles. The molecule has 2 aromatic rings. The van der Waals surface area contributed by atoms with Crippen molar-refractivity contribution in [1.82, 2.24) is 4.90 Å². The fourth-order valence-electron chi connectivity index (χ4n) is 2.97. The number of hydrogen-bond donors (Lipinski definition) is 0. The van der Waals surface area contributed by atoms with E-state index in [0.29, 0.717) is 37.4 Å². The summed E-state index contributed by atoms with van der Waals surface area (Å²) in [5.74, 6) is -0.0586. The molecule has 1 aliphatic heterocycles. The molecule has 0 bridgehead atoms. The van der Waals surface area contributed by atoms with Crippen molar-refractivity contribution in [1.29, 1.82) is 0 Å². The van der Waals surface area contributed by atoms with Crippen molar-refractivity contribution in [2.24, 2.45) is 0 Å². The van der Waals surface area contributed by atoms with Crippen LogP contribution in [0.15, 0.2) is 42.5 Å². The number of aryl methyl sites for hydroxylation is 1. The first-order valence-electron chi connectivity index (χ1n) is 8.23. The van der Waals surface area contributed by atoms with Gasteiger partial charge in [-0.1, -0.05) is 29.3 Å². The number of benzene rings is 2. The Morgan fingerprint density at radius 3 is 2.19 bits per heavy atom. The van der Waals surface area contributed by atoms with Crippen LogP contribution in [0.1, 0.15) is 21.5 Å². The van der Waals surface area contributed by atoms with Gasteiger partial charge in [-0.15, -0.1) is 0 Å². The normalized spacial score (nSPS) is 15.3. The molecule has 2 aromatic carbocycles. The molecule has 0 radical (unpaired) electrons. The Labute approximate surface area is 155 Å². The lowest BCUT2D eigenvalue weighted by molar-refractivity contribution is -0.137. The van der Waals surface area contributed by atoms with Crippen LogP contribution in [0.5, 0.6) is 0 Å². The van der Waals surface area contributed by atoms with E-state index in [4.69, 9.17) is 11.6 Å². The second-order valence-electron chi connectivity index (χ2n) is 6.31. The smallest absolute Gasteiger partial charge is 0.368 e. The highest BCUT2D eigenvalue weighted by Crippen LogP contribution is 2.37. The zero-order valence-corrected chi connectivity index (χ0v) is 14.9. The largest absolute Gasteiger partial charge is 0.417 e. The fraction of sp³-hybridized carbons (Fsp3) is 0.316. The third-order valence-electron chi connectivity index (χ3n) is 4.49. The summed E-state index contributed by atoms with van der Waals surface area (Å²) in [6.45, 7) is 3.80. The van der Waals surface area contributed by atoms with Crippen molar-refractivity contribution in [3.05, 3.63) is 64.2 Å². The van der Waals surface area contributed by atoms with Gasteiger partial charge in [-0.2, -0.15) is 13.2 Å². The minimum absolute atomic E-state index is 0.0586. The highest BCUT2D eigenvalue weighted by Gasteiger charge is 2.34. The number of amides is 1. The average molecular weight is 383 g/mol. The van der Waals surface area contributed by atoms with Crippen LogP contribution < -0.4 is 4.90 Å². The number of anilines is 1. The highest BCUT2D eigenvalue weighted by atomic mass is 35.5. The molecule has 1 fully saturated rings. The molecule has 3 nitrogen and oxygen atoms in total. The lowest BCUT2D eigenvalue weighted by Crippen LogP contribution is -2.48. The maximum atomic E-state index is 13.0. The van der Waals surface area contributed by atoms with Gasteiger partial charge in [-0.05, 0) is 37.3 Å². The van der Waals surface area contributed by atoms with Crippen LogP contribution in [-0.4, -0.2) is 37.0 Å². The van der Waals surface area contributed by atoms with Crippen LogP contribution in [0, 0.1) is 6.92 Å². The lowest BCUT2D eigenvalue weighted by Gasteiger charge is -2.36. The number of carbonyl (C=O) groups excluding carboxylic acids is 1. The van der Waals surface area contributed by atoms with Gasteiger partial charge in [0.1, 0.15) is 0 Å². The van der Waals surface area contributed by atoms with Gasteiger partial charge < -0.3 is 9.80 Å². The van der Waals surface area contributed by atoms with Crippen molar-refractivity contribution in [2.75, 3.05) is 31.1 Å². The standard InChI is InChI=1S/C19H18ClF3N2O/c1-13-2-4-14(5-3-13)18(26)25-10-8-24(9-11-25)15-6-7-17(20)16(12-15)19(21,22)23/h2-7,12H,8-11H2,1H3.